The molecule has 14 heavy (non-hydrogen) atoms. The highest BCUT2D eigenvalue weighted by Crippen LogP contribution is 2.23. The molecule has 1 N–H and O–H groups in total. The third-order valence-corrected chi connectivity index (χ3v) is 1.82. The topological polar surface area (TPSA) is 63.6 Å². The zero-order chi connectivity index (χ0) is 10.7. The summed E-state index contributed by atoms with van der Waals surface area (Å²) in [6, 6.07) is 2.96. The molecule has 0 aromatic heterocycles. The summed E-state index contributed by atoms with van der Waals surface area (Å²) in [5, 5.41) is 9.48. The van der Waals surface area contributed by atoms with Crippen LogP contribution in [0.25, 0.3) is 0 Å². The summed E-state index contributed by atoms with van der Waals surface area (Å²) in [6.07, 6.45) is 0.495. The van der Waals surface area contributed by atoms with E-state index in [1.807, 2.05) is 0 Å². The number of aromatic hydroxyl groups is 1. The maximum absolute atomic E-state index is 11.2. The van der Waals surface area contributed by atoms with Crippen molar-refractivity contribution in [3.63, 3.8) is 0 Å². The van der Waals surface area contributed by atoms with Crippen LogP contribution in [0.5, 0.6) is 5.75 Å². The van der Waals surface area contributed by atoms with Crippen LogP contribution in [0.3, 0.4) is 0 Å². The van der Waals surface area contributed by atoms with E-state index in [0.29, 0.717) is 11.8 Å². The Morgan fingerprint density at radius 2 is 2.14 bits per heavy atom. The van der Waals surface area contributed by atoms with Gasteiger partial charge in [-0.05, 0) is 24.6 Å². The number of rotatable bonds is 2. The van der Waals surface area contributed by atoms with E-state index >= 15 is 0 Å². The van der Waals surface area contributed by atoms with Gasteiger partial charge in [0, 0.05) is 0 Å². The van der Waals surface area contributed by atoms with Crippen molar-refractivity contribution in [3.05, 3.63) is 28.8 Å². The van der Waals surface area contributed by atoms with Gasteiger partial charge in [0.05, 0.1) is 12.7 Å². The molecular weight excluding hydrogens is 184 g/mol. The maximum Gasteiger partial charge on any atom is 0.341 e. The van der Waals surface area contributed by atoms with Gasteiger partial charge in [-0.3, -0.25) is 4.79 Å². The van der Waals surface area contributed by atoms with E-state index in [0.717, 1.165) is 0 Å². The Balaban J connectivity index is 3.36. The Hall–Kier alpha value is -1.84. The SMILES string of the molecule is COC(=O)c1cc(C)cc(C=O)c1O. The van der Waals surface area contributed by atoms with Gasteiger partial charge in [-0.1, -0.05) is 0 Å². The molecule has 0 fully saturated rings. The predicted molar refractivity (Wildman–Crippen MR) is 49.6 cm³/mol. The number of carbonyl (C=O) groups excluding carboxylic acids is 2. The summed E-state index contributed by atoms with van der Waals surface area (Å²) in [5.41, 5.74) is 0.810. The molecule has 0 aliphatic carbocycles. The standard InChI is InChI=1S/C10H10O4/c1-6-3-7(5-11)9(12)8(4-6)10(13)14-2/h3-5,12H,1-2H3. The lowest BCUT2D eigenvalue weighted by atomic mass is 10.1. The number of esters is 1. The smallest absolute Gasteiger partial charge is 0.341 e. The van der Waals surface area contributed by atoms with Gasteiger partial charge in [-0.25, -0.2) is 4.79 Å². The highest BCUT2D eigenvalue weighted by molar-refractivity contribution is 5.96. The fourth-order valence-electron chi connectivity index (χ4n) is 1.16. The van der Waals surface area contributed by atoms with Crippen LogP contribution in [-0.4, -0.2) is 24.5 Å². The summed E-state index contributed by atoms with van der Waals surface area (Å²) >= 11 is 0. The number of benzene rings is 1. The summed E-state index contributed by atoms with van der Waals surface area (Å²) in [4.78, 5) is 21.7. The first-order valence-electron chi connectivity index (χ1n) is 3.97. The fraction of sp³-hybridized carbons (Fsp3) is 0.200. The molecule has 1 aromatic carbocycles. The van der Waals surface area contributed by atoms with E-state index in [1.54, 1.807) is 6.92 Å². The van der Waals surface area contributed by atoms with E-state index in [9.17, 15) is 14.7 Å². The lowest BCUT2D eigenvalue weighted by Gasteiger charge is -2.05. The van der Waals surface area contributed by atoms with Crippen molar-refractivity contribution < 1.29 is 19.4 Å². The van der Waals surface area contributed by atoms with Gasteiger partial charge in [-0.2, -0.15) is 0 Å². The van der Waals surface area contributed by atoms with E-state index in [2.05, 4.69) is 4.74 Å². The largest absolute Gasteiger partial charge is 0.506 e. The number of phenols is 1. The molecule has 0 aliphatic rings. The van der Waals surface area contributed by atoms with Gasteiger partial charge in [-0.15, -0.1) is 0 Å². The van der Waals surface area contributed by atoms with Gasteiger partial charge < -0.3 is 9.84 Å². The molecule has 1 aromatic rings. The van der Waals surface area contributed by atoms with Crippen molar-refractivity contribution in [1.82, 2.24) is 0 Å². The van der Waals surface area contributed by atoms with Crippen LogP contribution < -0.4 is 0 Å². The molecule has 0 unspecified atom stereocenters. The molecule has 0 saturated heterocycles. The van der Waals surface area contributed by atoms with Crippen LogP contribution in [0.1, 0.15) is 26.3 Å². The first kappa shape index (κ1) is 10.2. The second-order valence-corrected chi connectivity index (χ2v) is 2.86. The van der Waals surface area contributed by atoms with Crippen LogP contribution in [0.2, 0.25) is 0 Å². The highest BCUT2D eigenvalue weighted by atomic mass is 16.5. The number of ether oxygens (including phenoxy) is 1. The van der Waals surface area contributed by atoms with Crippen LogP contribution in [0, 0.1) is 6.92 Å². The van der Waals surface area contributed by atoms with Crippen LogP contribution in [0.4, 0.5) is 0 Å². The maximum atomic E-state index is 11.2. The number of carbonyl (C=O) groups is 2. The van der Waals surface area contributed by atoms with Crippen molar-refractivity contribution >= 4 is 12.3 Å². The van der Waals surface area contributed by atoms with E-state index < -0.39 is 5.97 Å². The number of phenolic OH excluding ortho intramolecular Hbond substituents is 1. The molecule has 0 radical (unpaired) electrons. The van der Waals surface area contributed by atoms with Crippen molar-refractivity contribution in [2.75, 3.05) is 7.11 Å². The number of hydrogen-bond acceptors (Lipinski definition) is 4. The molecule has 4 nitrogen and oxygen atoms in total. The second kappa shape index (κ2) is 3.91. The summed E-state index contributed by atoms with van der Waals surface area (Å²) in [6.45, 7) is 1.72. The third kappa shape index (κ3) is 1.74. The average molecular weight is 194 g/mol. The molecule has 74 valence electrons. The Kier molecular flexibility index (Phi) is 2.86. The molecular formula is C10H10O4. The van der Waals surface area contributed by atoms with Crippen LogP contribution in [0.15, 0.2) is 12.1 Å². The van der Waals surface area contributed by atoms with Gasteiger partial charge in [0.2, 0.25) is 0 Å². The minimum Gasteiger partial charge on any atom is -0.506 e. The highest BCUT2D eigenvalue weighted by Gasteiger charge is 2.15. The Morgan fingerprint density at radius 1 is 1.50 bits per heavy atom. The fourth-order valence-corrected chi connectivity index (χ4v) is 1.16. The number of aryl methyl sites for hydroxylation is 1. The molecule has 4 heteroatoms. The number of methoxy groups -OCH3 is 1. The zero-order valence-corrected chi connectivity index (χ0v) is 7.90. The van der Waals surface area contributed by atoms with Crippen molar-refractivity contribution in [1.29, 1.82) is 0 Å². The summed E-state index contributed by atoms with van der Waals surface area (Å²) < 4.78 is 4.46. The van der Waals surface area contributed by atoms with Gasteiger partial charge in [0.1, 0.15) is 11.3 Å². The molecule has 0 aliphatic heterocycles. The number of hydrogen-bond donors (Lipinski definition) is 1. The third-order valence-electron chi connectivity index (χ3n) is 1.82. The lowest BCUT2D eigenvalue weighted by molar-refractivity contribution is 0.0597. The summed E-state index contributed by atoms with van der Waals surface area (Å²) in [5.74, 6) is -0.994. The normalized spacial score (nSPS) is 9.57. The van der Waals surface area contributed by atoms with Gasteiger partial charge in [0.15, 0.2) is 6.29 Å². The second-order valence-electron chi connectivity index (χ2n) is 2.86. The average Bonchev–Trinajstić information content (AvgIpc) is 2.19. The minimum absolute atomic E-state index is 0.00889. The molecule has 0 amide bonds. The van der Waals surface area contributed by atoms with Crippen LogP contribution >= 0.6 is 0 Å². The Morgan fingerprint density at radius 3 is 2.64 bits per heavy atom. The first-order chi connectivity index (χ1) is 6.60. The Labute approximate surface area is 81.1 Å². The molecule has 0 bridgehead atoms. The zero-order valence-electron chi connectivity index (χ0n) is 7.90. The Bertz CT molecular complexity index is 382. The lowest BCUT2D eigenvalue weighted by Crippen LogP contribution is -2.03. The van der Waals surface area contributed by atoms with Crippen molar-refractivity contribution in [2.24, 2.45) is 0 Å². The monoisotopic (exact) mass is 194 g/mol. The number of aldehydes is 1. The van der Waals surface area contributed by atoms with E-state index in [-0.39, 0.29) is 16.9 Å². The predicted octanol–water partition coefficient (Wildman–Crippen LogP) is 1.30. The molecule has 1 rings (SSSR count). The van der Waals surface area contributed by atoms with Crippen LogP contribution in [-0.2, 0) is 4.74 Å². The quantitative estimate of drug-likeness (QED) is 0.569. The van der Waals surface area contributed by atoms with Gasteiger partial charge >= 0.3 is 5.97 Å². The van der Waals surface area contributed by atoms with Gasteiger partial charge in [0.25, 0.3) is 0 Å². The summed E-state index contributed by atoms with van der Waals surface area (Å²) in [7, 11) is 1.21. The van der Waals surface area contributed by atoms with Crippen molar-refractivity contribution in [3.8, 4) is 5.75 Å². The minimum atomic E-state index is -0.658. The molecule has 0 atom stereocenters. The van der Waals surface area contributed by atoms with E-state index in [1.165, 1.54) is 19.2 Å². The van der Waals surface area contributed by atoms with Crippen molar-refractivity contribution in [2.45, 2.75) is 6.92 Å². The first-order valence-corrected chi connectivity index (χ1v) is 3.97. The molecule has 0 heterocycles. The van der Waals surface area contributed by atoms with E-state index in [4.69, 9.17) is 0 Å². The molecule has 0 spiro atoms. The molecule has 0 saturated carbocycles.